The zero-order valence-electron chi connectivity index (χ0n) is 9.22. The fourth-order valence-corrected chi connectivity index (χ4v) is 2.28. The normalized spacial score (nSPS) is 10.8. The lowest BCUT2D eigenvalue weighted by molar-refractivity contribution is -0.142. The van der Waals surface area contributed by atoms with Crippen LogP contribution in [0.5, 0.6) is 0 Å². The summed E-state index contributed by atoms with van der Waals surface area (Å²) < 4.78 is 18.7. The van der Waals surface area contributed by atoms with Gasteiger partial charge in [-0.05, 0) is 41.1 Å². The largest absolute Gasteiger partial charge is 0.466 e. The molecule has 0 radical (unpaired) electrons. The first kappa shape index (κ1) is 12.1. The van der Waals surface area contributed by atoms with Crippen LogP contribution >= 0.6 is 15.9 Å². The second kappa shape index (κ2) is 4.87. The number of H-pyrrole nitrogens is 1. The van der Waals surface area contributed by atoms with Crippen LogP contribution in [0.2, 0.25) is 0 Å². The zero-order chi connectivity index (χ0) is 12.4. The molecule has 90 valence electrons. The van der Waals surface area contributed by atoms with Gasteiger partial charge in [-0.3, -0.25) is 4.79 Å². The molecule has 5 heteroatoms. The lowest BCUT2D eigenvalue weighted by Crippen LogP contribution is -2.07. The molecule has 0 fully saturated rings. The van der Waals surface area contributed by atoms with Gasteiger partial charge in [0.1, 0.15) is 5.82 Å². The number of hydrogen-bond acceptors (Lipinski definition) is 2. The first-order valence-electron chi connectivity index (χ1n) is 5.23. The average molecular weight is 300 g/mol. The van der Waals surface area contributed by atoms with Crippen molar-refractivity contribution in [2.24, 2.45) is 0 Å². The third kappa shape index (κ3) is 2.49. The summed E-state index contributed by atoms with van der Waals surface area (Å²) in [5.41, 5.74) is 1.51. The number of rotatable bonds is 3. The van der Waals surface area contributed by atoms with E-state index < -0.39 is 0 Å². The van der Waals surface area contributed by atoms with Crippen molar-refractivity contribution in [3.8, 4) is 0 Å². The monoisotopic (exact) mass is 299 g/mol. The Morgan fingerprint density at radius 3 is 3.00 bits per heavy atom. The van der Waals surface area contributed by atoms with Crippen LogP contribution in [0.15, 0.2) is 22.8 Å². The van der Waals surface area contributed by atoms with Gasteiger partial charge in [0.25, 0.3) is 0 Å². The Balaban J connectivity index is 2.41. The molecule has 1 N–H and O–H groups in total. The van der Waals surface area contributed by atoms with E-state index in [-0.39, 0.29) is 18.2 Å². The standard InChI is InChI=1S/C12H11BrFNO2/c1-2-17-11(16)6-9-8-5-7(14)3-4-10(8)15-12(9)13/h3-5,15H,2,6H2,1H3. The van der Waals surface area contributed by atoms with E-state index in [0.717, 1.165) is 11.1 Å². The maximum absolute atomic E-state index is 13.2. The second-order valence-electron chi connectivity index (χ2n) is 3.59. The summed E-state index contributed by atoms with van der Waals surface area (Å²) in [6.07, 6.45) is 0.123. The summed E-state index contributed by atoms with van der Waals surface area (Å²) in [7, 11) is 0. The fraction of sp³-hybridized carbons (Fsp3) is 0.250. The average Bonchev–Trinajstić information content (AvgIpc) is 2.56. The van der Waals surface area contributed by atoms with E-state index in [1.165, 1.54) is 12.1 Å². The summed E-state index contributed by atoms with van der Waals surface area (Å²) in [6, 6.07) is 4.43. The molecule has 3 nitrogen and oxygen atoms in total. The van der Waals surface area contributed by atoms with Crippen molar-refractivity contribution >= 4 is 32.8 Å². The van der Waals surface area contributed by atoms with Crippen molar-refractivity contribution in [1.82, 2.24) is 4.98 Å². The molecule has 1 aromatic heterocycles. The van der Waals surface area contributed by atoms with Crippen molar-refractivity contribution in [2.45, 2.75) is 13.3 Å². The van der Waals surface area contributed by atoms with Crippen molar-refractivity contribution in [1.29, 1.82) is 0 Å². The van der Waals surface area contributed by atoms with Gasteiger partial charge in [0, 0.05) is 16.5 Å². The summed E-state index contributed by atoms with van der Waals surface area (Å²) in [6.45, 7) is 2.09. The van der Waals surface area contributed by atoms with Gasteiger partial charge < -0.3 is 9.72 Å². The smallest absolute Gasteiger partial charge is 0.310 e. The van der Waals surface area contributed by atoms with Crippen LogP contribution in [0.3, 0.4) is 0 Å². The molecule has 0 unspecified atom stereocenters. The summed E-state index contributed by atoms with van der Waals surface area (Å²) >= 11 is 3.33. The Morgan fingerprint density at radius 2 is 2.29 bits per heavy atom. The number of esters is 1. The number of carbonyl (C=O) groups is 1. The van der Waals surface area contributed by atoms with Gasteiger partial charge in [0.05, 0.1) is 17.6 Å². The quantitative estimate of drug-likeness (QED) is 0.885. The number of nitrogens with one attached hydrogen (secondary N) is 1. The number of aromatic nitrogens is 1. The minimum atomic E-state index is -0.325. The van der Waals surface area contributed by atoms with E-state index in [1.54, 1.807) is 13.0 Å². The van der Waals surface area contributed by atoms with Gasteiger partial charge in [0.15, 0.2) is 0 Å². The molecule has 1 heterocycles. The third-order valence-electron chi connectivity index (χ3n) is 2.44. The first-order chi connectivity index (χ1) is 8.11. The van der Waals surface area contributed by atoms with Crippen molar-refractivity contribution < 1.29 is 13.9 Å². The summed E-state index contributed by atoms with van der Waals surface area (Å²) in [5.74, 6) is -0.646. The van der Waals surface area contributed by atoms with Crippen molar-refractivity contribution in [3.05, 3.63) is 34.2 Å². The highest BCUT2D eigenvalue weighted by molar-refractivity contribution is 9.10. The molecule has 0 spiro atoms. The van der Waals surface area contributed by atoms with Crippen LogP contribution in [0.1, 0.15) is 12.5 Å². The van der Waals surface area contributed by atoms with E-state index in [9.17, 15) is 9.18 Å². The molecule has 0 amide bonds. The Morgan fingerprint density at radius 1 is 1.53 bits per heavy atom. The molecule has 2 rings (SSSR count). The van der Waals surface area contributed by atoms with E-state index in [4.69, 9.17) is 4.74 Å². The van der Waals surface area contributed by atoms with Crippen LogP contribution in [-0.4, -0.2) is 17.6 Å². The molecule has 0 saturated heterocycles. The third-order valence-corrected chi connectivity index (χ3v) is 3.12. The molecule has 0 bridgehead atoms. The number of halogens is 2. The van der Waals surface area contributed by atoms with Gasteiger partial charge in [-0.15, -0.1) is 0 Å². The maximum Gasteiger partial charge on any atom is 0.310 e. The summed E-state index contributed by atoms with van der Waals surface area (Å²) in [5, 5.41) is 0.699. The molecule has 0 saturated carbocycles. The molecule has 0 atom stereocenters. The summed E-state index contributed by atoms with van der Waals surface area (Å²) in [4.78, 5) is 14.5. The SMILES string of the molecule is CCOC(=O)Cc1c(Br)[nH]c2ccc(F)cc12. The predicted molar refractivity (Wildman–Crippen MR) is 66.3 cm³/mol. The van der Waals surface area contributed by atoms with Crippen molar-refractivity contribution in [3.63, 3.8) is 0 Å². The minimum Gasteiger partial charge on any atom is -0.466 e. The zero-order valence-corrected chi connectivity index (χ0v) is 10.8. The highest BCUT2D eigenvalue weighted by Gasteiger charge is 2.14. The molecular weight excluding hydrogens is 289 g/mol. The van der Waals surface area contributed by atoms with Crippen LogP contribution < -0.4 is 0 Å². The van der Waals surface area contributed by atoms with Gasteiger partial charge >= 0.3 is 5.97 Å². The van der Waals surface area contributed by atoms with Gasteiger partial charge in [-0.1, -0.05) is 0 Å². The predicted octanol–water partition coefficient (Wildman–Crippen LogP) is 3.18. The highest BCUT2D eigenvalue weighted by atomic mass is 79.9. The lowest BCUT2D eigenvalue weighted by Gasteiger charge is -2.01. The molecule has 0 aliphatic rings. The van der Waals surface area contributed by atoms with Crippen molar-refractivity contribution in [2.75, 3.05) is 6.61 Å². The molecule has 0 aliphatic carbocycles. The lowest BCUT2D eigenvalue weighted by atomic mass is 10.1. The van der Waals surface area contributed by atoms with Crippen LogP contribution in [-0.2, 0) is 16.0 Å². The second-order valence-corrected chi connectivity index (χ2v) is 4.38. The Labute approximate surface area is 106 Å². The first-order valence-corrected chi connectivity index (χ1v) is 6.02. The number of hydrogen-bond donors (Lipinski definition) is 1. The Kier molecular flexibility index (Phi) is 3.47. The van der Waals surface area contributed by atoms with Gasteiger partial charge in [-0.25, -0.2) is 4.39 Å². The number of carbonyl (C=O) groups excluding carboxylic acids is 1. The molecule has 1 aromatic carbocycles. The van der Waals surface area contributed by atoms with Crippen LogP contribution in [0.4, 0.5) is 4.39 Å². The fourth-order valence-electron chi connectivity index (χ4n) is 1.72. The van der Waals surface area contributed by atoms with Crippen LogP contribution in [0.25, 0.3) is 10.9 Å². The molecule has 17 heavy (non-hydrogen) atoms. The molecular formula is C12H11BrFNO2. The number of aromatic amines is 1. The van der Waals surface area contributed by atoms with E-state index in [0.29, 0.717) is 16.6 Å². The van der Waals surface area contributed by atoms with Gasteiger partial charge in [0.2, 0.25) is 0 Å². The van der Waals surface area contributed by atoms with E-state index >= 15 is 0 Å². The number of ether oxygens (including phenoxy) is 1. The van der Waals surface area contributed by atoms with Gasteiger partial charge in [-0.2, -0.15) is 0 Å². The highest BCUT2D eigenvalue weighted by Crippen LogP contribution is 2.27. The Hall–Kier alpha value is -1.36. The number of fused-ring (bicyclic) bond motifs is 1. The van der Waals surface area contributed by atoms with E-state index in [2.05, 4.69) is 20.9 Å². The topological polar surface area (TPSA) is 42.1 Å². The molecule has 0 aliphatic heterocycles. The molecule has 2 aromatic rings. The number of benzene rings is 1. The van der Waals surface area contributed by atoms with E-state index in [1.807, 2.05) is 0 Å². The Bertz CT molecular complexity index is 565. The van der Waals surface area contributed by atoms with Crippen LogP contribution in [0, 0.1) is 5.82 Å². The minimum absolute atomic E-state index is 0.123. The maximum atomic E-state index is 13.2.